The minimum atomic E-state index is -0.304. The molecule has 0 heterocycles. The van der Waals surface area contributed by atoms with E-state index < -0.39 is 0 Å². The van der Waals surface area contributed by atoms with E-state index in [1.807, 2.05) is 0 Å². The minimum absolute atomic E-state index is 0.0125. The van der Waals surface area contributed by atoms with Crippen molar-refractivity contribution in [3.63, 3.8) is 0 Å². The molecule has 0 saturated heterocycles. The van der Waals surface area contributed by atoms with Gasteiger partial charge in [0, 0.05) is 0 Å². The van der Waals surface area contributed by atoms with Gasteiger partial charge in [0.05, 0.1) is 38.6 Å². The molecule has 1 saturated carbocycles. The van der Waals surface area contributed by atoms with Crippen molar-refractivity contribution in [3.8, 4) is 0 Å². The third-order valence-electron chi connectivity index (χ3n) is 2.46. The van der Waals surface area contributed by atoms with Crippen molar-refractivity contribution in [1.29, 1.82) is 0 Å². The van der Waals surface area contributed by atoms with Crippen molar-refractivity contribution >= 4 is 0 Å². The van der Waals surface area contributed by atoms with E-state index in [0.29, 0.717) is 19.8 Å². The van der Waals surface area contributed by atoms with E-state index in [4.69, 9.17) is 14.6 Å². The fraction of sp³-hybridized carbons (Fsp3) is 1.00. The van der Waals surface area contributed by atoms with Crippen molar-refractivity contribution in [2.24, 2.45) is 0 Å². The normalized spacial score (nSPS) is 27.9. The van der Waals surface area contributed by atoms with E-state index >= 15 is 0 Å². The summed E-state index contributed by atoms with van der Waals surface area (Å²) >= 11 is 0. The number of hydrogen-bond acceptors (Lipinski definition) is 4. The molecule has 14 heavy (non-hydrogen) atoms. The van der Waals surface area contributed by atoms with Crippen LogP contribution in [0.4, 0.5) is 0 Å². The molecule has 0 aromatic heterocycles. The second-order valence-electron chi connectivity index (χ2n) is 3.60. The van der Waals surface area contributed by atoms with Crippen LogP contribution in [0.5, 0.6) is 0 Å². The summed E-state index contributed by atoms with van der Waals surface area (Å²) in [5, 5.41) is 18.0. The Hall–Kier alpha value is -0.160. The monoisotopic (exact) mass is 204 g/mol. The van der Waals surface area contributed by atoms with Crippen LogP contribution in [0.3, 0.4) is 0 Å². The van der Waals surface area contributed by atoms with Crippen LogP contribution in [0, 0.1) is 0 Å². The molecular weight excluding hydrogens is 184 g/mol. The SMILES string of the molecule is OCCOCCO[C@@H]1CCCC[C@@H]1O. The summed E-state index contributed by atoms with van der Waals surface area (Å²) in [6.07, 6.45) is 3.72. The van der Waals surface area contributed by atoms with E-state index in [2.05, 4.69) is 0 Å². The zero-order chi connectivity index (χ0) is 10.2. The zero-order valence-corrected chi connectivity index (χ0v) is 8.52. The summed E-state index contributed by atoms with van der Waals surface area (Å²) in [5.74, 6) is 0. The minimum Gasteiger partial charge on any atom is -0.394 e. The molecule has 0 unspecified atom stereocenters. The molecule has 84 valence electrons. The Balaban J connectivity index is 1.99. The van der Waals surface area contributed by atoms with E-state index in [1.54, 1.807) is 0 Å². The molecule has 4 nitrogen and oxygen atoms in total. The zero-order valence-electron chi connectivity index (χ0n) is 8.52. The van der Waals surface area contributed by atoms with Crippen LogP contribution in [-0.4, -0.2) is 48.8 Å². The number of aliphatic hydroxyl groups is 2. The first kappa shape index (κ1) is 11.9. The van der Waals surface area contributed by atoms with E-state index in [9.17, 15) is 5.11 Å². The van der Waals surface area contributed by atoms with Gasteiger partial charge in [-0.15, -0.1) is 0 Å². The molecule has 4 heteroatoms. The van der Waals surface area contributed by atoms with Crippen molar-refractivity contribution in [1.82, 2.24) is 0 Å². The third kappa shape index (κ3) is 4.37. The lowest BCUT2D eigenvalue weighted by molar-refractivity contribution is -0.0748. The summed E-state index contributed by atoms with van der Waals surface area (Å²) in [6.45, 7) is 1.40. The Bertz CT molecular complexity index is 140. The maximum absolute atomic E-state index is 9.57. The van der Waals surface area contributed by atoms with E-state index in [-0.39, 0.29) is 18.8 Å². The highest BCUT2D eigenvalue weighted by Crippen LogP contribution is 2.20. The van der Waals surface area contributed by atoms with E-state index in [0.717, 1.165) is 25.7 Å². The van der Waals surface area contributed by atoms with Gasteiger partial charge in [0.1, 0.15) is 0 Å². The Kier molecular flexibility index (Phi) is 6.10. The quantitative estimate of drug-likeness (QED) is 0.612. The number of hydrogen-bond donors (Lipinski definition) is 2. The number of ether oxygens (including phenoxy) is 2. The first-order valence-corrected chi connectivity index (χ1v) is 5.33. The first-order chi connectivity index (χ1) is 6.84. The second kappa shape index (κ2) is 7.17. The predicted octanol–water partition coefficient (Wildman–Crippen LogP) is 0.315. The van der Waals surface area contributed by atoms with Gasteiger partial charge in [-0.25, -0.2) is 0 Å². The first-order valence-electron chi connectivity index (χ1n) is 5.33. The largest absolute Gasteiger partial charge is 0.394 e. The van der Waals surface area contributed by atoms with E-state index in [1.165, 1.54) is 0 Å². The summed E-state index contributed by atoms with van der Waals surface area (Å²) in [6, 6.07) is 0. The molecule has 0 aromatic rings. The van der Waals surface area contributed by atoms with Crippen molar-refractivity contribution in [2.45, 2.75) is 37.9 Å². The van der Waals surface area contributed by atoms with Crippen LogP contribution in [0.2, 0.25) is 0 Å². The standard InChI is InChI=1S/C10H20O4/c11-5-6-13-7-8-14-10-4-2-1-3-9(10)12/h9-12H,1-8H2/t9-,10+/m0/s1. The molecular formula is C10H20O4. The molecule has 0 radical (unpaired) electrons. The smallest absolute Gasteiger partial charge is 0.0835 e. The van der Waals surface area contributed by atoms with Crippen molar-refractivity contribution in [3.05, 3.63) is 0 Å². The Morgan fingerprint density at radius 1 is 1.07 bits per heavy atom. The molecule has 2 N–H and O–H groups in total. The maximum atomic E-state index is 9.57. The molecule has 0 aromatic carbocycles. The lowest BCUT2D eigenvalue weighted by Crippen LogP contribution is -2.33. The lowest BCUT2D eigenvalue weighted by atomic mass is 9.95. The number of aliphatic hydroxyl groups excluding tert-OH is 2. The van der Waals surface area contributed by atoms with Gasteiger partial charge in [0.2, 0.25) is 0 Å². The average molecular weight is 204 g/mol. The van der Waals surface area contributed by atoms with Crippen molar-refractivity contribution < 1.29 is 19.7 Å². The molecule has 0 spiro atoms. The van der Waals surface area contributed by atoms with Gasteiger partial charge in [-0.2, -0.15) is 0 Å². The van der Waals surface area contributed by atoms with Crippen LogP contribution >= 0.6 is 0 Å². The summed E-state index contributed by atoms with van der Waals surface area (Å²) in [7, 11) is 0. The van der Waals surface area contributed by atoms with Gasteiger partial charge < -0.3 is 19.7 Å². The fourth-order valence-corrected chi connectivity index (χ4v) is 1.70. The maximum Gasteiger partial charge on any atom is 0.0835 e. The molecule has 1 fully saturated rings. The highest BCUT2D eigenvalue weighted by atomic mass is 16.5. The van der Waals surface area contributed by atoms with Crippen LogP contribution in [0.15, 0.2) is 0 Å². The highest BCUT2D eigenvalue weighted by molar-refractivity contribution is 4.74. The van der Waals surface area contributed by atoms with Gasteiger partial charge in [0.15, 0.2) is 0 Å². The summed E-state index contributed by atoms with van der Waals surface area (Å²) in [5.41, 5.74) is 0. The summed E-state index contributed by atoms with van der Waals surface area (Å²) in [4.78, 5) is 0. The van der Waals surface area contributed by atoms with Gasteiger partial charge in [-0.1, -0.05) is 12.8 Å². The Morgan fingerprint density at radius 3 is 2.57 bits per heavy atom. The molecule has 1 aliphatic rings. The summed E-state index contributed by atoms with van der Waals surface area (Å²) < 4.78 is 10.5. The second-order valence-corrected chi connectivity index (χ2v) is 3.60. The Labute approximate surface area is 84.8 Å². The van der Waals surface area contributed by atoms with Crippen molar-refractivity contribution in [2.75, 3.05) is 26.4 Å². The van der Waals surface area contributed by atoms with Crippen LogP contribution < -0.4 is 0 Å². The predicted molar refractivity (Wildman–Crippen MR) is 52.1 cm³/mol. The molecule has 0 amide bonds. The lowest BCUT2D eigenvalue weighted by Gasteiger charge is -2.27. The fourth-order valence-electron chi connectivity index (χ4n) is 1.70. The molecule has 1 aliphatic carbocycles. The highest BCUT2D eigenvalue weighted by Gasteiger charge is 2.23. The Morgan fingerprint density at radius 2 is 1.86 bits per heavy atom. The topological polar surface area (TPSA) is 58.9 Å². The van der Waals surface area contributed by atoms with Crippen LogP contribution in [0.25, 0.3) is 0 Å². The van der Waals surface area contributed by atoms with Crippen LogP contribution in [-0.2, 0) is 9.47 Å². The molecule has 0 bridgehead atoms. The van der Waals surface area contributed by atoms with Crippen LogP contribution in [0.1, 0.15) is 25.7 Å². The van der Waals surface area contributed by atoms with Gasteiger partial charge in [0.25, 0.3) is 0 Å². The molecule has 1 rings (SSSR count). The average Bonchev–Trinajstić information content (AvgIpc) is 2.20. The molecule has 0 aliphatic heterocycles. The van der Waals surface area contributed by atoms with Gasteiger partial charge in [-0.05, 0) is 12.8 Å². The van der Waals surface area contributed by atoms with Gasteiger partial charge >= 0.3 is 0 Å². The molecule has 2 atom stereocenters. The number of rotatable bonds is 6. The van der Waals surface area contributed by atoms with Gasteiger partial charge in [-0.3, -0.25) is 0 Å². The third-order valence-corrected chi connectivity index (χ3v) is 2.46.